The van der Waals surface area contributed by atoms with E-state index < -0.39 is 0 Å². The topological polar surface area (TPSA) is 49.3 Å². The fraction of sp³-hybridized carbons (Fsp3) is 0.368. The molecule has 0 radical (unpaired) electrons. The maximum absolute atomic E-state index is 13.7. The molecular formula is C19H26FIN4. The van der Waals surface area contributed by atoms with E-state index in [2.05, 4.69) is 20.6 Å². The van der Waals surface area contributed by atoms with E-state index in [1.165, 1.54) is 0 Å². The Kier molecular flexibility index (Phi) is 8.82. The second kappa shape index (κ2) is 10.3. The lowest BCUT2D eigenvalue weighted by Gasteiger charge is -2.18. The Labute approximate surface area is 166 Å². The van der Waals surface area contributed by atoms with Gasteiger partial charge in [-0.05, 0) is 56.5 Å². The molecule has 0 aliphatic heterocycles. The van der Waals surface area contributed by atoms with Crippen molar-refractivity contribution in [3.63, 3.8) is 0 Å². The maximum Gasteiger partial charge on any atom is 0.192 e. The summed E-state index contributed by atoms with van der Waals surface area (Å²) in [6.07, 6.45) is 1.83. The second-order valence-electron chi connectivity index (χ2n) is 5.88. The lowest BCUT2D eigenvalue weighted by atomic mass is 10.1. The van der Waals surface area contributed by atoms with Crippen LogP contribution in [0.3, 0.4) is 0 Å². The Morgan fingerprint density at radius 2 is 2.00 bits per heavy atom. The maximum atomic E-state index is 13.7. The Hall–Kier alpha value is -1.70. The van der Waals surface area contributed by atoms with Crippen LogP contribution in [0, 0.1) is 19.7 Å². The minimum atomic E-state index is -0.186. The third-order valence-electron chi connectivity index (χ3n) is 3.79. The first-order valence-electron chi connectivity index (χ1n) is 8.22. The predicted octanol–water partition coefficient (Wildman–Crippen LogP) is 4.27. The summed E-state index contributed by atoms with van der Waals surface area (Å²) in [5.41, 5.74) is 3.58. The Bertz CT molecular complexity index is 701. The number of nitrogens with one attached hydrogen (secondary N) is 2. The highest BCUT2D eigenvalue weighted by atomic mass is 127. The van der Waals surface area contributed by atoms with Crippen LogP contribution in [-0.4, -0.2) is 17.5 Å². The molecule has 0 saturated carbocycles. The molecule has 0 aliphatic carbocycles. The number of hydrogen-bond donors (Lipinski definition) is 2. The standard InChI is InChI=1S/C19H25FN4.HI/c1-5-21-19(23-12-16-8-7-14(3)22-11-16)24-15(4)17-9-6-13(2)18(20)10-17;/h6-11,15H,5,12H2,1-4H3,(H2,21,23,24);1H. The second-order valence-corrected chi connectivity index (χ2v) is 5.88. The first-order valence-corrected chi connectivity index (χ1v) is 8.22. The fourth-order valence-electron chi connectivity index (χ4n) is 2.25. The molecule has 25 heavy (non-hydrogen) atoms. The minimum Gasteiger partial charge on any atom is -0.357 e. The molecule has 2 N–H and O–H groups in total. The number of rotatable bonds is 5. The van der Waals surface area contributed by atoms with Crippen LogP contribution >= 0.6 is 24.0 Å². The molecule has 1 aromatic carbocycles. The quantitative estimate of drug-likeness (QED) is 0.402. The monoisotopic (exact) mass is 456 g/mol. The van der Waals surface area contributed by atoms with Crippen molar-refractivity contribution in [2.24, 2.45) is 4.99 Å². The SMILES string of the molecule is CCNC(=NCc1ccc(C)nc1)NC(C)c1ccc(C)c(F)c1.I. The average molecular weight is 456 g/mol. The zero-order chi connectivity index (χ0) is 17.5. The number of guanidine groups is 1. The molecule has 2 rings (SSSR count). The number of pyridine rings is 1. The molecule has 6 heteroatoms. The summed E-state index contributed by atoms with van der Waals surface area (Å²) in [5.74, 6) is 0.514. The molecular weight excluding hydrogens is 430 g/mol. The van der Waals surface area contributed by atoms with Gasteiger partial charge in [-0.15, -0.1) is 24.0 Å². The normalized spacial score (nSPS) is 12.3. The lowest BCUT2D eigenvalue weighted by molar-refractivity contribution is 0.607. The summed E-state index contributed by atoms with van der Waals surface area (Å²) in [6, 6.07) is 9.25. The van der Waals surface area contributed by atoms with Crippen LogP contribution in [0.15, 0.2) is 41.5 Å². The number of benzene rings is 1. The lowest BCUT2D eigenvalue weighted by Crippen LogP contribution is -2.38. The van der Waals surface area contributed by atoms with Crippen molar-refractivity contribution in [2.75, 3.05) is 6.54 Å². The molecule has 0 amide bonds. The van der Waals surface area contributed by atoms with Crippen molar-refractivity contribution >= 4 is 29.9 Å². The van der Waals surface area contributed by atoms with Crippen molar-refractivity contribution in [2.45, 2.75) is 40.3 Å². The van der Waals surface area contributed by atoms with Gasteiger partial charge in [-0.25, -0.2) is 9.38 Å². The molecule has 0 bridgehead atoms. The number of aryl methyl sites for hydroxylation is 2. The van der Waals surface area contributed by atoms with E-state index >= 15 is 0 Å². The van der Waals surface area contributed by atoms with Gasteiger partial charge in [0.2, 0.25) is 0 Å². The Balaban J connectivity index is 0.00000312. The van der Waals surface area contributed by atoms with Gasteiger partial charge in [-0.2, -0.15) is 0 Å². The predicted molar refractivity (Wildman–Crippen MR) is 112 cm³/mol. The molecule has 0 saturated heterocycles. The number of hydrogen-bond acceptors (Lipinski definition) is 2. The van der Waals surface area contributed by atoms with Crippen molar-refractivity contribution in [3.05, 3.63) is 64.7 Å². The molecule has 1 unspecified atom stereocenters. The van der Waals surface area contributed by atoms with Crippen LogP contribution in [0.2, 0.25) is 0 Å². The molecule has 2 aromatic rings. The largest absolute Gasteiger partial charge is 0.357 e. The molecule has 1 atom stereocenters. The summed E-state index contributed by atoms with van der Waals surface area (Å²) < 4.78 is 13.7. The van der Waals surface area contributed by atoms with Gasteiger partial charge in [0.05, 0.1) is 12.6 Å². The van der Waals surface area contributed by atoms with Gasteiger partial charge >= 0.3 is 0 Å². The molecule has 0 fully saturated rings. The Morgan fingerprint density at radius 1 is 1.24 bits per heavy atom. The summed E-state index contributed by atoms with van der Waals surface area (Å²) >= 11 is 0. The highest BCUT2D eigenvalue weighted by Crippen LogP contribution is 2.16. The van der Waals surface area contributed by atoms with E-state index in [0.29, 0.717) is 18.1 Å². The number of nitrogens with zero attached hydrogens (tertiary/aromatic N) is 2. The fourth-order valence-corrected chi connectivity index (χ4v) is 2.25. The average Bonchev–Trinajstić information content (AvgIpc) is 2.56. The number of aromatic nitrogens is 1. The van der Waals surface area contributed by atoms with Crippen LogP contribution in [0.1, 0.15) is 42.3 Å². The van der Waals surface area contributed by atoms with Gasteiger partial charge in [0.25, 0.3) is 0 Å². The Morgan fingerprint density at radius 3 is 2.60 bits per heavy atom. The van der Waals surface area contributed by atoms with E-state index in [-0.39, 0.29) is 35.8 Å². The van der Waals surface area contributed by atoms with Gasteiger partial charge in [0.15, 0.2) is 5.96 Å². The van der Waals surface area contributed by atoms with Gasteiger partial charge in [0.1, 0.15) is 5.82 Å². The van der Waals surface area contributed by atoms with E-state index in [4.69, 9.17) is 0 Å². The first-order chi connectivity index (χ1) is 11.5. The van der Waals surface area contributed by atoms with E-state index in [0.717, 1.165) is 23.4 Å². The highest BCUT2D eigenvalue weighted by molar-refractivity contribution is 14.0. The van der Waals surface area contributed by atoms with Crippen LogP contribution in [0.25, 0.3) is 0 Å². The van der Waals surface area contributed by atoms with Crippen LogP contribution in [0.4, 0.5) is 4.39 Å². The van der Waals surface area contributed by atoms with Crippen molar-refractivity contribution in [1.82, 2.24) is 15.6 Å². The summed E-state index contributed by atoms with van der Waals surface area (Å²) in [4.78, 5) is 8.86. The smallest absolute Gasteiger partial charge is 0.192 e. The zero-order valence-electron chi connectivity index (χ0n) is 15.1. The van der Waals surface area contributed by atoms with Gasteiger partial charge < -0.3 is 10.6 Å². The number of aliphatic imine (C=N–C) groups is 1. The highest BCUT2D eigenvalue weighted by Gasteiger charge is 2.09. The van der Waals surface area contributed by atoms with E-state index in [1.54, 1.807) is 19.1 Å². The molecule has 1 aromatic heterocycles. The van der Waals surface area contributed by atoms with Crippen LogP contribution < -0.4 is 10.6 Å². The van der Waals surface area contributed by atoms with Crippen LogP contribution in [-0.2, 0) is 6.54 Å². The van der Waals surface area contributed by atoms with Gasteiger partial charge in [0, 0.05) is 18.4 Å². The third kappa shape index (κ3) is 6.61. The zero-order valence-corrected chi connectivity index (χ0v) is 17.5. The van der Waals surface area contributed by atoms with E-state index in [9.17, 15) is 4.39 Å². The molecule has 0 spiro atoms. The van der Waals surface area contributed by atoms with Gasteiger partial charge in [-0.1, -0.05) is 18.2 Å². The van der Waals surface area contributed by atoms with Crippen molar-refractivity contribution < 1.29 is 4.39 Å². The molecule has 0 aliphatic rings. The molecule has 1 heterocycles. The minimum absolute atomic E-state index is 0. The molecule has 4 nitrogen and oxygen atoms in total. The third-order valence-corrected chi connectivity index (χ3v) is 3.79. The summed E-state index contributed by atoms with van der Waals surface area (Å²) in [6.45, 7) is 9.02. The van der Waals surface area contributed by atoms with Crippen LogP contribution in [0.5, 0.6) is 0 Å². The van der Waals surface area contributed by atoms with Gasteiger partial charge in [-0.3, -0.25) is 4.98 Å². The van der Waals surface area contributed by atoms with Crippen molar-refractivity contribution in [3.8, 4) is 0 Å². The first kappa shape index (κ1) is 21.3. The number of halogens is 2. The molecule has 136 valence electrons. The van der Waals surface area contributed by atoms with E-state index in [1.807, 2.05) is 45.2 Å². The summed E-state index contributed by atoms with van der Waals surface area (Å²) in [5, 5.41) is 6.53. The summed E-state index contributed by atoms with van der Waals surface area (Å²) in [7, 11) is 0. The van der Waals surface area contributed by atoms with Crippen molar-refractivity contribution in [1.29, 1.82) is 0 Å².